The highest BCUT2D eigenvalue weighted by atomic mass is 16.2. The molecule has 1 saturated heterocycles. The summed E-state index contributed by atoms with van der Waals surface area (Å²) in [6.07, 6.45) is 4.80. The molecule has 5 nitrogen and oxygen atoms in total. The minimum absolute atomic E-state index is 0.185. The average Bonchev–Trinajstić information content (AvgIpc) is 2.43. The van der Waals surface area contributed by atoms with Crippen molar-refractivity contribution in [1.29, 1.82) is 0 Å². The third kappa shape index (κ3) is 3.87. The van der Waals surface area contributed by atoms with Crippen molar-refractivity contribution in [3.05, 3.63) is 0 Å². The number of nitrogens with two attached hydrogens (primary N) is 1. The van der Waals surface area contributed by atoms with Crippen molar-refractivity contribution in [3.63, 3.8) is 0 Å². The second-order valence-electron chi connectivity index (χ2n) is 4.15. The Labute approximate surface area is 90.0 Å². The van der Waals surface area contributed by atoms with Crippen LogP contribution in [-0.2, 0) is 4.79 Å². The van der Waals surface area contributed by atoms with Crippen LogP contribution in [-0.4, -0.2) is 31.1 Å². The van der Waals surface area contributed by atoms with Crippen LogP contribution < -0.4 is 16.0 Å². The van der Waals surface area contributed by atoms with E-state index in [1.807, 2.05) is 6.92 Å². The van der Waals surface area contributed by atoms with Crippen molar-refractivity contribution in [2.75, 3.05) is 13.1 Å². The molecule has 1 atom stereocenters. The zero-order valence-corrected chi connectivity index (χ0v) is 9.21. The van der Waals surface area contributed by atoms with E-state index in [2.05, 4.69) is 5.32 Å². The van der Waals surface area contributed by atoms with E-state index in [4.69, 9.17) is 5.73 Å². The number of likely N-dealkylation sites (tertiary alicyclic amines) is 1. The Morgan fingerprint density at radius 2 is 1.73 bits per heavy atom. The number of quaternary nitrogens is 1. The molecule has 1 rings (SSSR count). The maximum Gasteiger partial charge on any atom is 0.319 e. The quantitative estimate of drug-likeness (QED) is 0.553. The van der Waals surface area contributed by atoms with Gasteiger partial charge in [-0.2, -0.15) is 0 Å². The Hall–Kier alpha value is -1.10. The van der Waals surface area contributed by atoms with E-state index in [1.165, 1.54) is 17.7 Å². The minimum Gasteiger partial charge on any atom is -0.351 e. The highest BCUT2D eigenvalue weighted by Crippen LogP contribution is 1.99. The van der Waals surface area contributed by atoms with Crippen LogP contribution >= 0.6 is 0 Å². The lowest BCUT2D eigenvalue weighted by atomic mass is 10.2. The summed E-state index contributed by atoms with van der Waals surface area (Å²) in [4.78, 5) is 23.3. The van der Waals surface area contributed by atoms with Gasteiger partial charge in [0.2, 0.25) is 0 Å². The number of nitrogens with one attached hydrogen (secondary N) is 2. The van der Waals surface area contributed by atoms with Crippen LogP contribution in [0.2, 0.25) is 0 Å². The molecule has 15 heavy (non-hydrogen) atoms. The summed E-state index contributed by atoms with van der Waals surface area (Å²) in [5.41, 5.74) is 4.91. The van der Waals surface area contributed by atoms with Gasteiger partial charge in [0, 0.05) is 0 Å². The van der Waals surface area contributed by atoms with Crippen LogP contribution in [0.1, 0.15) is 32.6 Å². The zero-order valence-electron chi connectivity index (χ0n) is 9.21. The number of carbonyl (C=O) groups is 2. The third-order valence-electron chi connectivity index (χ3n) is 3.00. The van der Waals surface area contributed by atoms with Gasteiger partial charge in [0.25, 0.3) is 5.91 Å². The fourth-order valence-corrected chi connectivity index (χ4v) is 2.03. The number of rotatable bonds is 2. The van der Waals surface area contributed by atoms with Gasteiger partial charge >= 0.3 is 6.03 Å². The molecule has 0 aromatic heterocycles. The minimum atomic E-state index is -0.763. The van der Waals surface area contributed by atoms with E-state index in [1.54, 1.807) is 0 Å². The molecule has 0 bridgehead atoms. The molecule has 1 heterocycles. The lowest BCUT2D eigenvalue weighted by Gasteiger charge is -2.22. The summed E-state index contributed by atoms with van der Waals surface area (Å²) in [6, 6.07) is -0.948. The Morgan fingerprint density at radius 3 is 2.20 bits per heavy atom. The second kappa shape index (κ2) is 5.70. The largest absolute Gasteiger partial charge is 0.351 e. The van der Waals surface area contributed by atoms with Gasteiger partial charge in [0.15, 0.2) is 6.04 Å². The molecule has 3 amide bonds. The van der Waals surface area contributed by atoms with Crippen molar-refractivity contribution >= 4 is 11.9 Å². The summed E-state index contributed by atoms with van der Waals surface area (Å²) in [7, 11) is 0. The molecular weight excluding hydrogens is 194 g/mol. The summed E-state index contributed by atoms with van der Waals surface area (Å²) in [5.74, 6) is -0.264. The van der Waals surface area contributed by atoms with Gasteiger partial charge in [-0.05, 0) is 32.6 Å². The first kappa shape index (κ1) is 12.0. The molecule has 1 aliphatic heterocycles. The monoisotopic (exact) mass is 214 g/mol. The van der Waals surface area contributed by atoms with Crippen molar-refractivity contribution < 1.29 is 14.5 Å². The first-order valence-corrected chi connectivity index (χ1v) is 5.56. The molecule has 1 fully saturated rings. The normalized spacial score (nSPS) is 20.3. The highest BCUT2D eigenvalue weighted by Gasteiger charge is 2.26. The predicted molar refractivity (Wildman–Crippen MR) is 56.4 cm³/mol. The van der Waals surface area contributed by atoms with Crippen LogP contribution in [0, 0.1) is 0 Å². The Balaban J connectivity index is 2.46. The number of hydrogen-bond acceptors (Lipinski definition) is 2. The molecule has 0 radical (unpaired) electrons. The highest BCUT2D eigenvalue weighted by molar-refractivity contribution is 5.95. The molecule has 0 unspecified atom stereocenters. The number of carbonyl (C=O) groups excluding carboxylic acids is 2. The van der Waals surface area contributed by atoms with Crippen molar-refractivity contribution in [2.45, 2.75) is 38.6 Å². The van der Waals surface area contributed by atoms with E-state index in [-0.39, 0.29) is 11.9 Å². The number of imide groups is 1. The van der Waals surface area contributed by atoms with Gasteiger partial charge in [-0.15, -0.1) is 0 Å². The summed E-state index contributed by atoms with van der Waals surface area (Å²) in [5, 5.41) is 2.14. The van der Waals surface area contributed by atoms with E-state index in [0.29, 0.717) is 0 Å². The van der Waals surface area contributed by atoms with E-state index >= 15 is 0 Å². The predicted octanol–water partition coefficient (Wildman–Crippen LogP) is -0.971. The summed E-state index contributed by atoms with van der Waals surface area (Å²) >= 11 is 0. The van der Waals surface area contributed by atoms with Crippen molar-refractivity contribution in [1.82, 2.24) is 5.32 Å². The topological polar surface area (TPSA) is 76.6 Å². The van der Waals surface area contributed by atoms with Crippen LogP contribution in [0.15, 0.2) is 0 Å². The van der Waals surface area contributed by atoms with E-state index in [0.717, 1.165) is 25.9 Å². The van der Waals surface area contributed by atoms with Crippen LogP contribution in [0.3, 0.4) is 0 Å². The van der Waals surface area contributed by atoms with Gasteiger partial charge < -0.3 is 10.6 Å². The summed E-state index contributed by atoms with van der Waals surface area (Å²) in [6.45, 7) is 3.86. The lowest BCUT2D eigenvalue weighted by molar-refractivity contribution is -0.913. The second-order valence-corrected chi connectivity index (χ2v) is 4.15. The van der Waals surface area contributed by atoms with Crippen LogP contribution in [0.4, 0.5) is 4.79 Å². The first-order chi connectivity index (χ1) is 7.11. The zero-order chi connectivity index (χ0) is 11.3. The number of urea groups is 1. The maximum atomic E-state index is 11.5. The van der Waals surface area contributed by atoms with E-state index < -0.39 is 6.03 Å². The first-order valence-electron chi connectivity index (χ1n) is 5.56. The molecule has 0 saturated carbocycles. The van der Waals surface area contributed by atoms with Crippen molar-refractivity contribution in [3.8, 4) is 0 Å². The molecular formula is C10H20N3O2+. The van der Waals surface area contributed by atoms with Gasteiger partial charge in [0.05, 0.1) is 13.1 Å². The van der Waals surface area contributed by atoms with Crippen LogP contribution in [0.5, 0.6) is 0 Å². The van der Waals surface area contributed by atoms with Gasteiger partial charge in [0.1, 0.15) is 0 Å². The number of hydrogen-bond donors (Lipinski definition) is 3. The molecule has 5 heteroatoms. The number of primary amides is 1. The number of amides is 3. The maximum absolute atomic E-state index is 11.5. The molecule has 4 N–H and O–H groups in total. The Bertz CT molecular complexity index is 235. The average molecular weight is 214 g/mol. The molecule has 0 spiro atoms. The molecule has 0 aliphatic carbocycles. The van der Waals surface area contributed by atoms with E-state index in [9.17, 15) is 9.59 Å². The fraction of sp³-hybridized carbons (Fsp3) is 0.800. The Morgan fingerprint density at radius 1 is 1.20 bits per heavy atom. The standard InChI is InChI=1S/C10H19N3O2/c1-8(9(14)12-10(11)15)13-6-4-2-3-5-7-13/h8H,2-7H2,1H3,(H3,11,12,14,15)/p+1/t8-/m1/s1. The van der Waals surface area contributed by atoms with Gasteiger partial charge in [-0.1, -0.05) is 0 Å². The van der Waals surface area contributed by atoms with Crippen molar-refractivity contribution in [2.24, 2.45) is 5.73 Å². The molecule has 86 valence electrons. The SMILES string of the molecule is C[C@H](C(=O)NC(N)=O)[NH+]1CCCCCC1. The van der Waals surface area contributed by atoms with Gasteiger partial charge in [-0.25, -0.2) is 4.79 Å². The Kier molecular flexibility index (Phi) is 4.55. The van der Waals surface area contributed by atoms with Gasteiger partial charge in [-0.3, -0.25) is 10.1 Å². The third-order valence-corrected chi connectivity index (χ3v) is 3.00. The molecule has 0 aromatic carbocycles. The summed E-state index contributed by atoms with van der Waals surface area (Å²) < 4.78 is 0. The van der Waals surface area contributed by atoms with Crippen LogP contribution in [0.25, 0.3) is 0 Å². The fourth-order valence-electron chi connectivity index (χ4n) is 2.03. The smallest absolute Gasteiger partial charge is 0.319 e. The lowest BCUT2D eigenvalue weighted by Crippen LogP contribution is -3.16. The molecule has 1 aliphatic rings. The molecule has 0 aromatic rings.